The van der Waals surface area contributed by atoms with Gasteiger partial charge >= 0.3 is 0 Å². The van der Waals surface area contributed by atoms with Gasteiger partial charge in [-0.25, -0.2) is 4.68 Å². The molecule has 0 radical (unpaired) electrons. The summed E-state index contributed by atoms with van der Waals surface area (Å²) in [6, 6.07) is 2.02. The Bertz CT molecular complexity index is 628. The molecule has 1 saturated carbocycles. The number of nitrogens with one attached hydrogen (secondary N) is 1. The fraction of sp³-hybridized carbons (Fsp3) is 0.533. The van der Waals surface area contributed by atoms with Crippen LogP contribution >= 0.6 is 0 Å². The lowest BCUT2D eigenvalue weighted by Crippen LogP contribution is -2.12. The quantitative estimate of drug-likeness (QED) is 0.870. The maximum Gasteiger partial charge on any atom is 0.175 e. The van der Waals surface area contributed by atoms with Gasteiger partial charge < -0.3 is 0 Å². The Hall–Kier alpha value is -1.91. The van der Waals surface area contributed by atoms with Crippen LogP contribution in [-0.4, -0.2) is 25.8 Å². The summed E-state index contributed by atoms with van der Waals surface area (Å²) in [6.45, 7) is 6.18. The molecule has 5 heteroatoms. The van der Waals surface area contributed by atoms with Gasteiger partial charge in [-0.2, -0.15) is 10.2 Å². The highest BCUT2D eigenvalue weighted by atomic mass is 16.1. The van der Waals surface area contributed by atoms with Crippen LogP contribution < -0.4 is 0 Å². The second kappa shape index (κ2) is 4.58. The lowest BCUT2D eigenvalue weighted by atomic mass is 9.88. The Morgan fingerprint density at radius 2 is 2.20 bits per heavy atom. The van der Waals surface area contributed by atoms with Crippen LogP contribution in [-0.2, 0) is 0 Å². The first-order valence-electron chi connectivity index (χ1n) is 7.06. The minimum Gasteiger partial charge on any atom is -0.294 e. The zero-order valence-electron chi connectivity index (χ0n) is 12.2. The topological polar surface area (TPSA) is 63.6 Å². The smallest absolute Gasteiger partial charge is 0.175 e. The fourth-order valence-electron chi connectivity index (χ4n) is 2.22. The molecule has 2 heterocycles. The van der Waals surface area contributed by atoms with E-state index in [1.165, 1.54) is 12.8 Å². The second-order valence-electron chi connectivity index (χ2n) is 6.79. The lowest BCUT2D eigenvalue weighted by Gasteiger charge is -2.15. The van der Waals surface area contributed by atoms with E-state index in [1.54, 1.807) is 17.1 Å². The molecule has 1 aliphatic rings. The summed E-state index contributed by atoms with van der Waals surface area (Å²) in [5.41, 5.74) is 1.80. The molecule has 0 bridgehead atoms. The molecule has 0 atom stereocenters. The van der Waals surface area contributed by atoms with Crippen LogP contribution in [0.2, 0.25) is 0 Å². The predicted octanol–water partition coefficient (Wildman–Crippen LogP) is 3.09. The van der Waals surface area contributed by atoms with Crippen LogP contribution in [0.5, 0.6) is 0 Å². The molecule has 5 nitrogen and oxygen atoms in total. The van der Waals surface area contributed by atoms with Crippen molar-refractivity contribution < 1.29 is 4.79 Å². The summed E-state index contributed by atoms with van der Waals surface area (Å²) < 4.78 is 1.66. The third kappa shape index (κ3) is 2.81. The largest absolute Gasteiger partial charge is 0.294 e. The molecule has 0 aromatic carbocycles. The minimum atomic E-state index is -0.00927. The second-order valence-corrected chi connectivity index (χ2v) is 6.79. The molecule has 106 valence electrons. The van der Waals surface area contributed by atoms with E-state index in [2.05, 4.69) is 36.1 Å². The lowest BCUT2D eigenvalue weighted by molar-refractivity contribution is 0.0940. The van der Waals surface area contributed by atoms with E-state index < -0.39 is 0 Å². The number of ketones is 1. The highest BCUT2D eigenvalue weighted by molar-refractivity contribution is 5.96. The van der Waals surface area contributed by atoms with Crippen LogP contribution in [0.25, 0.3) is 5.82 Å². The summed E-state index contributed by atoms with van der Waals surface area (Å²) in [6.07, 6.45) is 6.37. The van der Waals surface area contributed by atoms with Gasteiger partial charge in [0.1, 0.15) is 0 Å². The van der Waals surface area contributed by atoms with Crippen molar-refractivity contribution in [3.8, 4) is 5.82 Å². The molecule has 3 rings (SSSR count). The van der Waals surface area contributed by atoms with Gasteiger partial charge in [0.2, 0.25) is 0 Å². The first-order chi connectivity index (χ1) is 9.42. The molecular weight excluding hydrogens is 252 g/mol. The van der Waals surface area contributed by atoms with Crippen molar-refractivity contribution in [3.05, 3.63) is 29.7 Å². The zero-order chi connectivity index (χ0) is 14.3. The minimum absolute atomic E-state index is 0.00927. The highest BCUT2D eigenvalue weighted by Crippen LogP contribution is 2.39. The first-order valence-corrected chi connectivity index (χ1v) is 7.06. The van der Waals surface area contributed by atoms with Crippen LogP contribution in [0, 0.1) is 5.41 Å². The van der Waals surface area contributed by atoms with Crippen molar-refractivity contribution in [2.24, 2.45) is 5.41 Å². The summed E-state index contributed by atoms with van der Waals surface area (Å²) in [5, 5.41) is 11.6. The fourth-order valence-corrected chi connectivity index (χ4v) is 2.22. The van der Waals surface area contributed by atoms with Crippen molar-refractivity contribution in [3.63, 3.8) is 0 Å². The number of nitrogens with zero attached hydrogens (tertiary/aromatic N) is 3. The van der Waals surface area contributed by atoms with E-state index in [9.17, 15) is 4.79 Å². The van der Waals surface area contributed by atoms with Crippen molar-refractivity contribution in [2.45, 2.75) is 46.0 Å². The third-order valence-electron chi connectivity index (χ3n) is 3.43. The predicted molar refractivity (Wildman–Crippen MR) is 76.1 cm³/mol. The monoisotopic (exact) mass is 272 g/mol. The van der Waals surface area contributed by atoms with E-state index in [4.69, 9.17) is 0 Å². The molecular formula is C15H20N4O. The third-order valence-corrected chi connectivity index (χ3v) is 3.43. The molecule has 0 saturated heterocycles. The van der Waals surface area contributed by atoms with Gasteiger partial charge in [-0.05, 0) is 18.3 Å². The van der Waals surface area contributed by atoms with Crippen LogP contribution in [0.3, 0.4) is 0 Å². The molecule has 0 amide bonds. The molecule has 1 aliphatic carbocycles. The molecule has 0 aliphatic heterocycles. The summed E-state index contributed by atoms with van der Waals surface area (Å²) in [4.78, 5) is 12.1. The molecule has 0 unspecified atom stereocenters. The summed E-state index contributed by atoms with van der Waals surface area (Å²) in [7, 11) is 0. The highest BCUT2D eigenvalue weighted by Gasteiger charge is 2.26. The van der Waals surface area contributed by atoms with Gasteiger partial charge in [0.25, 0.3) is 0 Å². The SMILES string of the molecule is CC(C)(C)CC(=O)c1cnn(-c2cc(C3CC3)[nH]n2)c1. The van der Waals surface area contributed by atoms with Crippen molar-refractivity contribution in [1.82, 2.24) is 20.0 Å². The normalized spacial score (nSPS) is 15.6. The van der Waals surface area contributed by atoms with E-state index in [1.807, 2.05) is 6.07 Å². The van der Waals surface area contributed by atoms with Gasteiger partial charge in [0, 0.05) is 30.3 Å². The molecule has 20 heavy (non-hydrogen) atoms. The summed E-state index contributed by atoms with van der Waals surface area (Å²) in [5.74, 6) is 1.51. The van der Waals surface area contributed by atoms with Crippen LogP contribution in [0.1, 0.15) is 62.0 Å². The molecule has 2 aromatic rings. The number of aromatic amines is 1. The van der Waals surface area contributed by atoms with Crippen molar-refractivity contribution >= 4 is 5.78 Å². The maximum absolute atomic E-state index is 12.1. The van der Waals surface area contributed by atoms with Gasteiger partial charge in [0.15, 0.2) is 11.6 Å². The summed E-state index contributed by atoms with van der Waals surface area (Å²) >= 11 is 0. The number of rotatable bonds is 4. The maximum atomic E-state index is 12.1. The Morgan fingerprint density at radius 1 is 1.45 bits per heavy atom. The van der Waals surface area contributed by atoms with Crippen LogP contribution in [0.4, 0.5) is 0 Å². The number of carbonyl (C=O) groups is 1. The van der Waals surface area contributed by atoms with Gasteiger partial charge in [0.05, 0.1) is 11.8 Å². The number of hydrogen-bond donors (Lipinski definition) is 1. The van der Waals surface area contributed by atoms with Gasteiger partial charge in [-0.1, -0.05) is 20.8 Å². The first kappa shape index (κ1) is 13.1. The Balaban J connectivity index is 1.77. The van der Waals surface area contributed by atoms with Gasteiger partial charge in [-0.3, -0.25) is 9.89 Å². The van der Waals surface area contributed by atoms with Crippen LogP contribution in [0.15, 0.2) is 18.5 Å². The number of Topliss-reactive ketones (excluding diaryl/α,β-unsaturated/α-hetero) is 1. The standard InChI is InChI=1S/C15H20N4O/c1-15(2,3)7-13(20)11-8-16-19(9-11)14-6-12(17-18-14)10-4-5-10/h6,8-10H,4-5,7H2,1-3H3,(H,17,18). The van der Waals surface area contributed by atoms with E-state index in [0.717, 1.165) is 11.5 Å². The Kier molecular flexibility index (Phi) is 3.00. The van der Waals surface area contributed by atoms with Gasteiger partial charge in [-0.15, -0.1) is 0 Å². The zero-order valence-corrected chi connectivity index (χ0v) is 12.2. The van der Waals surface area contributed by atoms with E-state index in [-0.39, 0.29) is 11.2 Å². The molecule has 1 fully saturated rings. The van der Waals surface area contributed by atoms with Crippen molar-refractivity contribution in [1.29, 1.82) is 0 Å². The van der Waals surface area contributed by atoms with E-state index >= 15 is 0 Å². The Morgan fingerprint density at radius 3 is 2.85 bits per heavy atom. The van der Waals surface area contributed by atoms with E-state index in [0.29, 0.717) is 17.9 Å². The average molecular weight is 272 g/mol. The molecule has 2 aromatic heterocycles. The number of aromatic nitrogens is 4. The average Bonchev–Trinajstić information content (AvgIpc) is 2.91. The molecule has 0 spiro atoms. The van der Waals surface area contributed by atoms with Crippen molar-refractivity contribution in [2.75, 3.05) is 0 Å². The number of H-pyrrole nitrogens is 1. The Labute approximate surface area is 118 Å². The molecule has 1 N–H and O–H groups in total. The number of carbonyl (C=O) groups excluding carboxylic acids is 1. The number of hydrogen-bond acceptors (Lipinski definition) is 3.